The fourth-order valence-corrected chi connectivity index (χ4v) is 7.69. The van der Waals surface area contributed by atoms with Crippen LogP contribution in [0, 0.1) is 0 Å². The van der Waals surface area contributed by atoms with Gasteiger partial charge in [-0.2, -0.15) is 8.42 Å². The molecule has 6 atom stereocenters. The van der Waals surface area contributed by atoms with Gasteiger partial charge in [-0.15, -0.1) is 0 Å². The van der Waals surface area contributed by atoms with Gasteiger partial charge in [0.15, 0.2) is 12.4 Å². The molecule has 0 radical (unpaired) electrons. The summed E-state index contributed by atoms with van der Waals surface area (Å²) < 4.78 is 54.1. The lowest BCUT2D eigenvalue weighted by Crippen LogP contribution is -2.60. The second-order valence-electron chi connectivity index (χ2n) is 16.4. The molecule has 1 rings (SSSR count). The summed E-state index contributed by atoms with van der Waals surface area (Å²) in [4.78, 5) is 25.4. The van der Waals surface area contributed by atoms with Crippen molar-refractivity contribution in [3.05, 3.63) is 36.5 Å². The number of hydrogen-bond acceptors (Lipinski definition) is 11. The maximum absolute atomic E-state index is 12.8. The van der Waals surface area contributed by atoms with Crippen LogP contribution >= 0.6 is 0 Å². The van der Waals surface area contributed by atoms with E-state index in [9.17, 15) is 37.9 Å². The van der Waals surface area contributed by atoms with E-state index >= 15 is 0 Å². The summed E-state index contributed by atoms with van der Waals surface area (Å²) in [7, 11) is -4.61. The van der Waals surface area contributed by atoms with E-state index in [2.05, 4.69) is 50.3 Å². The Morgan fingerprint density at radius 3 is 1.52 bits per heavy atom. The highest BCUT2D eigenvalue weighted by Gasteiger charge is 2.46. The second kappa shape index (κ2) is 37.4. The van der Waals surface area contributed by atoms with E-state index in [1.54, 1.807) is 0 Å². The first-order chi connectivity index (χ1) is 29.0. The van der Waals surface area contributed by atoms with E-state index in [4.69, 9.17) is 18.9 Å². The molecular weight excluding hydrogens is 789 g/mol. The lowest BCUT2D eigenvalue weighted by molar-refractivity contribution is -0.297. The molecule has 0 bridgehead atoms. The number of hydrogen-bond donors (Lipinski definition) is 4. The molecule has 12 nitrogen and oxygen atoms in total. The number of rotatable bonds is 39. The number of allylic oxidation sites excluding steroid dienone is 6. The Bertz CT molecular complexity index is 1250. The molecule has 1 heterocycles. The van der Waals surface area contributed by atoms with Crippen LogP contribution in [-0.2, 0) is 38.7 Å². The molecule has 60 heavy (non-hydrogen) atoms. The monoisotopic (exact) mass is 873 g/mol. The summed E-state index contributed by atoms with van der Waals surface area (Å²) in [5.41, 5.74) is 0. The van der Waals surface area contributed by atoms with Crippen LogP contribution < -0.4 is 0 Å². The molecule has 2 unspecified atom stereocenters. The lowest BCUT2D eigenvalue weighted by atomic mass is 10.00. The van der Waals surface area contributed by atoms with Crippen molar-refractivity contribution < 1.29 is 56.8 Å². The maximum Gasteiger partial charge on any atom is 0.306 e. The van der Waals surface area contributed by atoms with Crippen molar-refractivity contribution in [3.8, 4) is 0 Å². The van der Waals surface area contributed by atoms with Crippen LogP contribution in [0.2, 0.25) is 0 Å². The van der Waals surface area contributed by atoms with Crippen molar-refractivity contribution in [2.75, 3.05) is 19.0 Å². The molecule has 1 fully saturated rings. The van der Waals surface area contributed by atoms with Gasteiger partial charge in [-0.3, -0.25) is 14.1 Å². The molecule has 0 amide bonds. The summed E-state index contributed by atoms with van der Waals surface area (Å²) in [6.45, 7) is 3.72. The van der Waals surface area contributed by atoms with Gasteiger partial charge < -0.3 is 34.3 Å². The Labute approximate surface area is 363 Å². The summed E-state index contributed by atoms with van der Waals surface area (Å²) in [6, 6.07) is 0. The van der Waals surface area contributed by atoms with Crippen molar-refractivity contribution >= 4 is 22.1 Å². The number of carbonyl (C=O) groups excluding carboxylic acids is 2. The van der Waals surface area contributed by atoms with Crippen molar-refractivity contribution in [2.45, 2.75) is 230 Å². The quantitative estimate of drug-likeness (QED) is 0.0199. The summed E-state index contributed by atoms with van der Waals surface area (Å²) in [6.07, 6.45) is 33.3. The van der Waals surface area contributed by atoms with Crippen LogP contribution in [0.15, 0.2) is 36.5 Å². The van der Waals surface area contributed by atoms with Gasteiger partial charge in [-0.05, 0) is 70.6 Å². The number of unbranched alkanes of at least 4 members (excludes halogenated alkanes) is 21. The first kappa shape index (κ1) is 55.9. The lowest BCUT2D eigenvalue weighted by Gasteiger charge is -2.40. The summed E-state index contributed by atoms with van der Waals surface area (Å²) in [5.74, 6) is -2.03. The molecule has 1 aliphatic rings. The van der Waals surface area contributed by atoms with E-state index in [0.717, 1.165) is 57.8 Å². The maximum atomic E-state index is 12.8. The number of ether oxygens (including phenoxy) is 4. The summed E-state index contributed by atoms with van der Waals surface area (Å²) in [5, 5.41) is 30.9. The summed E-state index contributed by atoms with van der Waals surface area (Å²) >= 11 is 0. The van der Waals surface area contributed by atoms with Crippen molar-refractivity contribution in [1.29, 1.82) is 0 Å². The number of aliphatic hydroxyl groups is 3. The highest BCUT2D eigenvalue weighted by Crippen LogP contribution is 2.24. The zero-order valence-corrected chi connectivity index (χ0v) is 38.1. The van der Waals surface area contributed by atoms with Crippen LogP contribution in [0.5, 0.6) is 0 Å². The van der Waals surface area contributed by atoms with E-state index in [1.807, 2.05) is 0 Å². The van der Waals surface area contributed by atoms with Gasteiger partial charge in [0.25, 0.3) is 10.1 Å². The minimum atomic E-state index is -4.61. The molecular formula is C47H84O12S. The van der Waals surface area contributed by atoms with Crippen LogP contribution in [0.25, 0.3) is 0 Å². The first-order valence-electron chi connectivity index (χ1n) is 23.5. The molecule has 350 valence electrons. The van der Waals surface area contributed by atoms with Crippen LogP contribution in [0.4, 0.5) is 0 Å². The molecule has 1 aliphatic heterocycles. The highest BCUT2D eigenvalue weighted by molar-refractivity contribution is 7.85. The Hall–Kier alpha value is -2.13. The van der Waals surface area contributed by atoms with Gasteiger partial charge in [0, 0.05) is 12.8 Å². The van der Waals surface area contributed by atoms with Crippen LogP contribution in [-0.4, -0.2) is 96.0 Å². The van der Waals surface area contributed by atoms with Gasteiger partial charge >= 0.3 is 11.9 Å². The molecule has 0 spiro atoms. The SMILES string of the molecule is CCCCCCCC/C=C/C/C=C/CCCCC(=O)OC[C@H](CO[C@H]1O[C@H](CS(=O)(=O)O)[C@@H](O)C(O)C1O)OC(=O)CCCCCCCCC/C=C/CCCCCCCC. The largest absolute Gasteiger partial charge is 0.462 e. The van der Waals surface area contributed by atoms with Gasteiger partial charge in [0.1, 0.15) is 36.8 Å². The van der Waals surface area contributed by atoms with Gasteiger partial charge in [-0.1, -0.05) is 147 Å². The van der Waals surface area contributed by atoms with E-state index < -0.39 is 71.2 Å². The topological polar surface area (TPSA) is 186 Å². The van der Waals surface area contributed by atoms with Gasteiger partial charge in [0.05, 0.1) is 6.61 Å². The third-order valence-corrected chi connectivity index (χ3v) is 11.4. The van der Waals surface area contributed by atoms with Crippen molar-refractivity contribution in [2.24, 2.45) is 0 Å². The number of aliphatic hydroxyl groups excluding tert-OH is 3. The van der Waals surface area contributed by atoms with Crippen molar-refractivity contribution in [1.82, 2.24) is 0 Å². The molecule has 1 saturated heterocycles. The average Bonchev–Trinajstić information content (AvgIpc) is 3.21. The van der Waals surface area contributed by atoms with Crippen LogP contribution in [0.1, 0.15) is 194 Å². The van der Waals surface area contributed by atoms with Gasteiger partial charge in [-0.25, -0.2) is 0 Å². The third-order valence-electron chi connectivity index (χ3n) is 10.7. The Morgan fingerprint density at radius 1 is 0.567 bits per heavy atom. The van der Waals surface area contributed by atoms with Gasteiger partial charge in [0.2, 0.25) is 0 Å². The molecule has 0 aromatic rings. The van der Waals surface area contributed by atoms with E-state index in [0.29, 0.717) is 12.8 Å². The minimum Gasteiger partial charge on any atom is -0.462 e. The van der Waals surface area contributed by atoms with Crippen LogP contribution in [0.3, 0.4) is 0 Å². The molecule has 4 N–H and O–H groups in total. The standard InChI is InChI=1S/C47H84O12S/c1-3-5-7-9-11-13-15-17-19-20-22-24-26-28-30-32-34-36-43(49)58-40(38-57-47-46(52)45(51)44(50)41(59-47)39-60(53,54)55)37-56-42(48)35-33-31-29-27-25-23-21-18-16-14-12-10-8-6-4-2/h17-19,21,25,27,40-41,44-47,50-52H,3-16,20,22-24,26,28-39H2,1-2H3,(H,53,54,55)/b19-17+,21-18+,27-25+/t40-,41-,44-,45?,46?,47+/m1/s1. The first-order valence-corrected chi connectivity index (χ1v) is 25.2. The fourth-order valence-electron chi connectivity index (χ4n) is 7.00. The van der Waals surface area contributed by atoms with Crippen molar-refractivity contribution in [3.63, 3.8) is 0 Å². The molecule has 0 aromatic heterocycles. The Balaban J connectivity index is 2.45. The zero-order valence-electron chi connectivity index (χ0n) is 37.3. The molecule has 0 saturated carbocycles. The molecule has 0 aromatic carbocycles. The van der Waals surface area contributed by atoms with E-state index in [-0.39, 0.29) is 19.4 Å². The van der Waals surface area contributed by atoms with E-state index in [1.165, 1.54) is 96.3 Å². The normalized spacial score (nSPS) is 20.4. The smallest absolute Gasteiger partial charge is 0.306 e. The molecule has 0 aliphatic carbocycles. The fraction of sp³-hybridized carbons (Fsp3) is 0.830. The predicted molar refractivity (Wildman–Crippen MR) is 238 cm³/mol. The predicted octanol–water partition coefficient (Wildman–Crippen LogP) is 9.78. The second-order valence-corrected chi connectivity index (χ2v) is 17.9. The third kappa shape index (κ3) is 31.7. The minimum absolute atomic E-state index is 0.153. The average molecular weight is 873 g/mol. The highest BCUT2D eigenvalue weighted by atomic mass is 32.2. The molecule has 13 heteroatoms. The number of esters is 2. The zero-order chi connectivity index (χ0) is 44.1. The Kier molecular flexibility index (Phi) is 34.9. The Morgan fingerprint density at radius 2 is 1.00 bits per heavy atom. The number of carbonyl (C=O) groups is 2.